The average Bonchev–Trinajstić information content (AvgIpc) is 2.76. The number of benzene rings is 2. The summed E-state index contributed by atoms with van der Waals surface area (Å²) in [5.74, 6) is -0.774. The molecule has 4 heteroatoms. The second-order valence-electron chi connectivity index (χ2n) is 6.17. The first kappa shape index (κ1) is 16.5. The van der Waals surface area contributed by atoms with Crippen LogP contribution in [0.4, 0.5) is 0 Å². The highest BCUT2D eigenvalue weighted by Gasteiger charge is 2.38. The van der Waals surface area contributed by atoms with E-state index in [-0.39, 0.29) is 23.1 Å². The van der Waals surface area contributed by atoms with Crippen molar-refractivity contribution in [2.45, 2.75) is 27.3 Å². The molecule has 3 nitrogen and oxygen atoms in total. The van der Waals surface area contributed by atoms with Gasteiger partial charge in [0.15, 0.2) is 0 Å². The SMILES string of the molecule is Cc1ccc(CN2C(=O)C(Cl)=C(c3ccc(C)c(C)c3)C2=O)cc1. The molecule has 0 saturated heterocycles. The van der Waals surface area contributed by atoms with Crippen molar-refractivity contribution < 1.29 is 9.59 Å². The molecule has 0 unspecified atom stereocenters. The second kappa shape index (κ2) is 6.25. The van der Waals surface area contributed by atoms with Crippen molar-refractivity contribution in [3.8, 4) is 0 Å². The van der Waals surface area contributed by atoms with Gasteiger partial charge in [-0.2, -0.15) is 0 Å². The monoisotopic (exact) mass is 339 g/mol. The van der Waals surface area contributed by atoms with Gasteiger partial charge in [0.05, 0.1) is 12.1 Å². The highest BCUT2D eigenvalue weighted by Crippen LogP contribution is 2.33. The summed E-state index contributed by atoms with van der Waals surface area (Å²) in [6, 6.07) is 13.4. The first-order chi connectivity index (χ1) is 11.4. The number of aryl methyl sites for hydroxylation is 3. The van der Waals surface area contributed by atoms with Crippen molar-refractivity contribution in [2.24, 2.45) is 0 Å². The Kier molecular flexibility index (Phi) is 4.29. The number of hydrogen-bond acceptors (Lipinski definition) is 2. The number of carbonyl (C=O) groups excluding carboxylic acids is 2. The number of hydrogen-bond donors (Lipinski definition) is 0. The van der Waals surface area contributed by atoms with E-state index in [1.807, 2.05) is 63.2 Å². The van der Waals surface area contributed by atoms with Crippen LogP contribution in [0.15, 0.2) is 47.5 Å². The van der Waals surface area contributed by atoms with Gasteiger partial charge in [-0.3, -0.25) is 14.5 Å². The molecule has 2 amide bonds. The van der Waals surface area contributed by atoms with E-state index in [0.717, 1.165) is 22.3 Å². The minimum atomic E-state index is -0.435. The number of halogens is 1. The van der Waals surface area contributed by atoms with E-state index < -0.39 is 5.91 Å². The zero-order chi connectivity index (χ0) is 17.4. The number of rotatable bonds is 3. The van der Waals surface area contributed by atoms with Crippen LogP contribution in [0.25, 0.3) is 5.57 Å². The van der Waals surface area contributed by atoms with Crippen LogP contribution in [-0.2, 0) is 16.1 Å². The third kappa shape index (κ3) is 2.87. The van der Waals surface area contributed by atoms with Gasteiger partial charge in [-0.25, -0.2) is 0 Å². The highest BCUT2D eigenvalue weighted by atomic mass is 35.5. The molecule has 0 radical (unpaired) electrons. The van der Waals surface area contributed by atoms with Gasteiger partial charge < -0.3 is 0 Å². The fourth-order valence-corrected chi connectivity index (χ4v) is 3.01. The molecule has 0 atom stereocenters. The summed E-state index contributed by atoms with van der Waals surface area (Å²) in [4.78, 5) is 26.4. The van der Waals surface area contributed by atoms with E-state index >= 15 is 0 Å². The van der Waals surface area contributed by atoms with Crippen LogP contribution in [0.2, 0.25) is 0 Å². The average molecular weight is 340 g/mol. The van der Waals surface area contributed by atoms with E-state index in [4.69, 9.17) is 11.6 Å². The topological polar surface area (TPSA) is 37.4 Å². The first-order valence-electron chi connectivity index (χ1n) is 7.77. The van der Waals surface area contributed by atoms with Gasteiger partial charge in [-0.1, -0.05) is 59.6 Å². The Bertz CT molecular complexity index is 866. The summed E-state index contributed by atoms with van der Waals surface area (Å²) in [6.45, 7) is 6.19. The normalized spacial score (nSPS) is 14.8. The molecule has 1 heterocycles. The molecule has 0 N–H and O–H groups in total. The van der Waals surface area contributed by atoms with Crippen LogP contribution in [0.1, 0.15) is 27.8 Å². The quantitative estimate of drug-likeness (QED) is 0.788. The number of nitrogens with zero attached hydrogens (tertiary/aromatic N) is 1. The van der Waals surface area contributed by atoms with Crippen molar-refractivity contribution in [1.82, 2.24) is 4.90 Å². The molecule has 0 aliphatic carbocycles. The Morgan fingerprint density at radius 3 is 2.17 bits per heavy atom. The van der Waals surface area contributed by atoms with E-state index in [9.17, 15) is 9.59 Å². The molecule has 0 aromatic heterocycles. The zero-order valence-electron chi connectivity index (χ0n) is 13.9. The highest BCUT2D eigenvalue weighted by molar-refractivity contribution is 6.55. The van der Waals surface area contributed by atoms with E-state index in [1.165, 1.54) is 4.90 Å². The molecule has 2 aromatic carbocycles. The minimum absolute atomic E-state index is 0.00429. The lowest BCUT2D eigenvalue weighted by atomic mass is 10.0. The maximum absolute atomic E-state index is 12.8. The van der Waals surface area contributed by atoms with Crippen molar-refractivity contribution in [3.05, 3.63) is 75.3 Å². The maximum atomic E-state index is 12.8. The van der Waals surface area contributed by atoms with Crippen LogP contribution in [-0.4, -0.2) is 16.7 Å². The summed E-state index contributed by atoms with van der Waals surface area (Å²) in [5, 5.41) is -0.00429. The third-order valence-electron chi connectivity index (χ3n) is 4.37. The third-order valence-corrected chi connectivity index (χ3v) is 4.72. The van der Waals surface area contributed by atoms with E-state index in [2.05, 4.69) is 0 Å². The fourth-order valence-electron chi connectivity index (χ4n) is 2.71. The van der Waals surface area contributed by atoms with Crippen LogP contribution < -0.4 is 0 Å². The Balaban J connectivity index is 1.92. The summed E-state index contributed by atoms with van der Waals surface area (Å²) < 4.78 is 0. The van der Waals surface area contributed by atoms with Gasteiger partial charge in [0.2, 0.25) is 0 Å². The molecule has 1 aliphatic heterocycles. The summed E-state index contributed by atoms with van der Waals surface area (Å²) in [5.41, 5.74) is 5.19. The van der Waals surface area contributed by atoms with Crippen LogP contribution in [0.5, 0.6) is 0 Å². The summed E-state index contributed by atoms with van der Waals surface area (Å²) >= 11 is 6.20. The molecule has 3 rings (SSSR count). The summed E-state index contributed by atoms with van der Waals surface area (Å²) in [7, 11) is 0. The molecule has 0 spiro atoms. The zero-order valence-corrected chi connectivity index (χ0v) is 14.6. The van der Waals surface area contributed by atoms with Gasteiger partial charge >= 0.3 is 0 Å². The minimum Gasteiger partial charge on any atom is -0.269 e. The first-order valence-corrected chi connectivity index (χ1v) is 8.15. The van der Waals surface area contributed by atoms with Crippen molar-refractivity contribution in [1.29, 1.82) is 0 Å². The molecule has 0 fully saturated rings. The van der Waals surface area contributed by atoms with Crippen LogP contribution in [0, 0.1) is 20.8 Å². The van der Waals surface area contributed by atoms with E-state index in [0.29, 0.717) is 5.56 Å². The Labute approximate surface area is 146 Å². The van der Waals surface area contributed by atoms with Crippen molar-refractivity contribution in [2.75, 3.05) is 0 Å². The molecular weight excluding hydrogens is 322 g/mol. The number of amides is 2. The largest absolute Gasteiger partial charge is 0.273 e. The molecular formula is C20H18ClNO2. The van der Waals surface area contributed by atoms with Gasteiger partial charge in [-0.15, -0.1) is 0 Å². The Hall–Kier alpha value is -2.39. The second-order valence-corrected chi connectivity index (χ2v) is 6.55. The number of carbonyl (C=O) groups is 2. The molecule has 122 valence electrons. The number of imide groups is 1. The molecule has 2 aromatic rings. The fraction of sp³-hybridized carbons (Fsp3) is 0.200. The van der Waals surface area contributed by atoms with Crippen LogP contribution >= 0.6 is 11.6 Å². The molecule has 0 saturated carbocycles. The van der Waals surface area contributed by atoms with Gasteiger partial charge in [0, 0.05) is 0 Å². The smallest absolute Gasteiger partial charge is 0.269 e. The van der Waals surface area contributed by atoms with Crippen molar-refractivity contribution >= 4 is 29.0 Å². The predicted molar refractivity (Wildman–Crippen MR) is 95.4 cm³/mol. The van der Waals surface area contributed by atoms with Gasteiger partial charge in [0.1, 0.15) is 5.03 Å². The summed E-state index contributed by atoms with van der Waals surface area (Å²) in [6.07, 6.45) is 0. The molecule has 24 heavy (non-hydrogen) atoms. The lowest BCUT2D eigenvalue weighted by Gasteiger charge is -2.15. The molecule has 0 bridgehead atoms. The molecule has 1 aliphatic rings. The maximum Gasteiger partial charge on any atom is 0.273 e. The van der Waals surface area contributed by atoms with Crippen molar-refractivity contribution in [3.63, 3.8) is 0 Å². The lowest BCUT2D eigenvalue weighted by Crippen LogP contribution is -2.30. The van der Waals surface area contributed by atoms with Crippen LogP contribution in [0.3, 0.4) is 0 Å². The Morgan fingerprint density at radius 1 is 0.875 bits per heavy atom. The van der Waals surface area contributed by atoms with E-state index in [1.54, 1.807) is 0 Å². The predicted octanol–water partition coefficient (Wildman–Crippen LogP) is 4.13. The Morgan fingerprint density at radius 2 is 1.54 bits per heavy atom. The van der Waals surface area contributed by atoms with Gasteiger partial charge in [0.25, 0.3) is 11.8 Å². The van der Waals surface area contributed by atoms with Gasteiger partial charge in [-0.05, 0) is 43.0 Å². The standard InChI is InChI=1S/C20H18ClNO2/c1-12-4-7-15(8-5-12)11-22-19(23)17(18(21)20(22)24)16-9-6-13(2)14(3)10-16/h4-10H,11H2,1-3H3. The lowest BCUT2D eigenvalue weighted by molar-refractivity contribution is -0.137.